The molecule has 0 saturated heterocycles. The fourth-order valence-corrected chi connectivity index (χ4v) is 2.42. The van der Waals surface area contributed by atoms with Crippen molar-refractivity contribution in [1.29, 1.82) is 0 Å². The zero-order chi connectivity index (χ0) is 15.1. The van der Waals surface area contributed by atoms with E-state index in [2.05, 4.69) is 24.0 Å². The van der Waals surface area contributed by atoms with E-state index in [1.807, 2.05) is 11.5 Å². The summed E-state index contributed by atoms with van der Waals surface area (Å²) < 4.78 is 7.27. The molecule has 1 atom stereocenters. The van der Waals surface area contributed by atoms with Crippen molar-refractivity contribution in [2.45, 2.75) is 51.4 Å². The summed E-state index contributed by atoms with van der Waals surface area (Å²) in [4.78, 5) is 10.7. The number of hydrogen-bond donors (Lipinski definition) is 1. The molecule has 7 heteroatoms. The number of methoxy groups -OCH3 is 1. The first kappa shape index (κ1) is 17.0. The Labute approximate surface area is 123 Å². The Balaban J connectivity index is 2.79. The molecule has 0 aliphatic rings. The number of aryl methyl sites for hydroxylation is 1. The van der Waals surface area contributed by atoms with Gasteiger partial charge in [-0.3, -0.25) is 4.79 Å². The number of rotatable bonds is 9. The minimum absolute atomic E-state index is 0.00467. The predicted molar refractivity (Wildman–Crippen MR) is 78.0 cm³/mol. The van der Waals surface area contributed by atoms with Gasteiger partial charge in [-0.2, -0.15) is 0 Å². The maximum absolute atomic E-state index is 10.7. The maximum atomic E-state index is 10.7. The Morgan fingerprint density at radius 1 is 1.40 bits per heavy atom. The number of hydrogen-bond acceptors (Lipinski definition) is 5. The van der Waals surface area contributed by atoms with E-state index < -0.39 is 5.97 Å². The van der Waals surface area contributed by atoms with Crippen molar-refractivity contribution >= 4 is 17.7 Å². The highest BCUT2D eigenvalue weighted by molar-refractivity contribution is 7.99. The standard InChI is InChI=1S/C13H23N3O3S/c1-9(2)7-16-11(6-5-10(3)19-4)14-15-13(16)20-8-12(17)18/h9-10H,5-8H2,1-4H3,(H,17,18). The van der Waals surface area contributed by atoms with Gasteiger partial charge in [0.2, 0.25) is 0 Å². The van der Waals surface area contributed by atoms with Gasteiger partial charge in [0, 0.05) is 20.1 Å². The highest BCUT2D eigenvalue weighted by Gasteiger charge is 2.15. The van der Waals surface area contributed by atoms with E-state index in [0.29, 0.717) is 11.1 Å². The second kappa shape index (κ2) is 8.26. The minimum atomic E-state index is -0.844. The number of thioether (sulfide) groups is 1. The molecule has 0 amide bonds. The molecule has 6 nitrogen and oxygen atoms in total. The molecule has 1 N–H and O–H groups in total. The lowest BCUT2D eigenvalue weighted by atomic mass is 10.2. The van der Waals surface area contributed by atoms with Crippen LogP contribution in [0.1, 0.15) is 33.0 Å². The summed E-state index contributed by atoms with van der Waals surface area (Å²) in [5.74, 6) is 0.512. The van der Waals surface area contributed by atoms with E-state index in [1.165, 1.54) is 11.8 Å². The Morgan fingerprint density at radius 3 is 2.65 bits per heavy atom. The van der Waals surface area contributed by atoms with E-state index in [9.17, 15) is 4.79 Å². The summed E-state index contributed by atoms with van der Waals surface area (Å²) >= 11 is 1.22. The predicted octanol–water partition coefficient (Wildman–Crippen LogP) is 2.08. The highest BCUT2D eigenvalue weighted by atomic mass is 32.2. The third kappa shape index (κ3) is 5.50. The average molecular weight is 301 g/mol. The molecule has 0 bridgehead atoms. The first-order chi connectivity index (χ1) is 9.43. The van der Waals surface area contributed by atoms with Crippen LogP contribution < -0.4 is 0 Å². The molecule has 114 valence electrons. The molecule has 1 unspecified atom stereocenters. The van der Waals surface area contributed by atoms with Gasteiger partial charge in [-0.15, -0.1) is 10.2 Å². The summed E-state index contributed by atoms with van der Waals surface area (Å²) in [6, 6.07) is 0. The molecule has 0 fully saturated rings. The highest BCUT2D eigenvalue weighted by Crippen LogP contribution is 2.19. The molecule has 0 spiro atoms. The van der Waals surface area contributed by atoms with Crippen LogP contribution in [-0.2, 0) is 22.5 Å². The SMILES string of the molecule is COC(C)CCc1nnc(SCC(=O)O)n1CC(C)C. The first-order valence-corrected chi connectivity index (χ1v) is 7.72. The molecule has 0 aliphatic heterocycles. The van der Waals surface area contributed by atoms with Gasteiger partial charge in [-0.1, -0.05) is 25.6 Å². The zero-order valence-corrected chi connectivity index (χ0v) is 13.3. The number of aliphatic carboxylic acids is 1. The number of aromatic nitrogens is 3. The molecule has 0 aromatic carbocycles. The smallest absolute Gasteiger partial charge is 0.313 e. The zero-order valence-electron chi connectivity index (χ0n) is 12.5. The molecule has 20 heavy (non-hydrogen) atoms. The third-order valence-corrected chi connectivity index (χ3v) is 3.79. The number of nitrogens with zero attached hydrogens (tertiary/aromatic N) is 3. The summed E-state index contributed by atoms with van der Waals surface area (Å²) in [5.41, 5.74) is 0. The lowest BCUT2D eigenvalue weighted by Crippen LogP contribution is -2.13. The van der Waals surface area contributed by atoms with Gasteiger partial charge in [0.25, 0.3) is 0 Å². The van der Waals surface area contributed by atoms with Crippen LogP contribution in [0.25, 0.3) is 0 Å². The second-order valence-corrected chi connectivity index (χ2v) is 6.11. The summed E-state index contributed by atoms with van der Waals surface area (Å²) in [7, 11) is 1.69. The number of carboxylic acids is 1. The van der Waals surface area contributed by atoms with Gasteiger partial charge in [0.05, 0.1) is 11.9 Å². The van der Waals surface area contributed by atoms with Crippen molar-refractivity contribution in [1.82, 2.24) is 14.8 Å². The second-order valence-electron chi connectivity index (χ2n) is 5.17. The third-order valence-electron chi connectivity index (χ3n) is 2.84. The van der Waals surface area contributed by atoms with Gasteiger partial charge in [0.15, 0.2) is 5.16 Å². The van der Waals surface area contributed by atoms with E-state index in [-0.39, 0.29) is 11.9 Å². The monoisotopic (exact) mass is 301 g/mol. The molecule has 1 heterocycles. The average Bonchev–Trinajstić information content (AvgIpc) is 2.75. The maximum Gasteiger partial charge on any atom is 0.313 e. The minimum Gasteiger partial charge on any atom is -0.481 e. The lowest BCUT2D eigenvalue weighted by Gasteiger charge is -2.13. The van der Waals surface area contributed by atoms with E-state index in [0.717, 1.165) is 25.2 Å². The molecule has 0 saturated carbocycles. The van der Waals surface area contributed by atoms with E-state index >= 15 is 0 Å². The number of ether oxygens (including phenoxy) is 1. The van der Waals surface area contributed by atoms with Gasteiger partial charge < -0.3 is 14.4 Å². The van der Waals surface area contributed by atoms with Gasteiger partial charge in [-0.25, -0.2) is 0 Å². The van der Waals surface area contributed by atoms with Crippen LogP contribution in [0, 0.1) is 5.92 Å². The van der Waals surface area contributed by atoms with Gasteiger partial charge in [-0.05, 0) is 19.3 Å². The van der Waals surface area contributed by atoms with Crippen LogP contribution in [0.2, 0.25) is 0 Å². The van der Waals surface area contributed by atoms with Crippen LogP contribution in [-0.4, -0.2) is 44.8 Å². The van der Waals surface area contributed by atoms with Crippen LogP contribution in [0.5, 0.6) is 0 Å². The fraction of sp³-hybridized carbons (Fsp3) is 0.769. The molecular formula is C13H23N3O3S. The van der Waals surface area contributed by atoms with Crippen molar-refractivity contribution in [3.63, 3.8) is 0 Å². The number of carboxylic acid groups (broad SMARTS) is 1. The lowest BCUT2D eigenvalue weighted by molar-refractivity contribution is -0.133. The van der Waals surface area contributed by atoms with Crippen LogP contribution in [0.3, 0.4) is 0 Å². The Kier molecular flexibility index (Phi) is 7.01. The van der Waals surface area contributed by atoms with Crippen molar-refractivity contribution < 1.29 is 14.6 Å². The quantitative estimate of drug-likeness (QED) is 0.704. The van der Waals surface area contributed by atoms with E-state index in [4.69, 9.17) is 9.84 Å². The molecule has 0 radical (unpaired) electrons. The Bertz CT molecular complexity index is 434. The first-order valence-electron chi connectivity index (χ1n) is 6.73. The van der Waals surface area contributed by atoms with Crippen molar-refractivity contribution in [3.8, 4) is 0 Å². The number of carbonyl (C=O) groups is 1. The molecule has 0 aliphatic carbocycles. The molecule has 1 aromatic heterocycles. The Hall–Kier alpha value is -1.08. The topological polar surface area (TPSA) is 77.2 Å². The van der Waals surface area contributed by atoms with Gasteiger partial charge >= 0.3 is 5.97 Å². The van der Waals surface area contributed by atoms with Crippen LogP contribution >= 0.6 is 11.8 Å². The summed E-state index contributed by atoms with van der Waals surface area (Å²) in [6.45, 7) is 7.05. The molecule has 1 aromatic rings. The summed E-state index contributed by atoms with van der Waals surface area (Å²) in [5, 5.41) is 17.8. The largest absolute Gasteiger partial charge is 0.481 e. The van der Waals surface area contributed by atoms with Crippen molar-refractivity contribution in [2.75, 3.05) is 12.9 Å². The summed E-state index contributed by atoms with van der Waals surface area (Å²) in [6.07, 6.45) is 1.83. The van der Waals surface area contributed by atoms with Gasteiger partial charge in [0.1, 0.15) is 5.82 Å². The Morgan fingerprint density at radius 2 is 2.10 bits per heavy atom. The van der Waals surface area contributed by atoms with E-state index in [1.54, 1.807) is 7.11 Å². The van der Waals surface area contributed by atoms with Crippen molar-refractivity contribution in [2.24, 2.45) is 5.92 Å². The van der Waals surface area contributed by atoms with Crippen molar-refractivity contribution in [3.05, 3.63) is 5.82 Å². The molecule has 1 rings (SSSR count). The van der Waals surface area contributed by atoms with Crippen LogP contribution in [0.15, 0.2) is 5.16 Å². The fourth-order valence-electron chi connectivity index (χ4n) is 1.74. The normalized spacial score (nSPS) is 12.8. The molecular weight excluding hydrogens is 278 g/mol. The van der Waals surface area contributed by atoms with Crippen LogP contribution in [0.4, 0.5) is 0 Å².